The number of benzene rings is 2. The van der Waals surface area contributed by atoms with E-state index in [1.165, 1.54) is 0 Å². The molecule has 2 rings (SSSR count). The summed E-state index contributed by atoms with van der Waals surface area (Å²) < 4.78 is 5.12. The molecule has 0 radical (unpaired) electrons. The van der Waals surface area contributed by atoms with E-state index in [9.17, 15) is 0 Å². The molecule has 0 aliphatic heterocycles. The monoisotopic (exact) mass is 315 g/mol. The molecule has 0 atom stereocenters. The van der Waals surface area contributed by atoms with Crippen LogP contribution >= 0.6 is 34.8 Å². The van der Waals surface area contributed by atoms with Crippen LogP contribution in [0.3, 0.4) is 0 Å². The first-order valence-electron chi connectivity index (χ1n) is 5.58. The number of nitrogens with two attached hydrogens (primary N) is 1. The topological polar surface area (TPSA) is 35.2 Å². The van der Waals surface area contributed by atoms with Gasteiger partial charge in [-0.15, -0.1) is 0 Å². The van der Waals surface area contributed by atoms with Crippen molar-refractivity contribution in [2.24, 2.45) is 5.73 Å². The van der Waals surface area contributed by atoms with E-state index in [1.54, 1.807) is 25.3 Å². The highest BCUT2D eigenvalue weighted by atomic mass is 35.5. The molecule has 0 amide bonds. The van der Waals surface area contributed by atoms with E-state index in [-0.39, 0.29) is 0 Å². The molecule has 19 heavy (non-hydrogen) atoms. The summed E-state index contributed by atoms with van der Waals surface area (Å²) in [4.78, 5) is 0. The van der Waals surface area contributed by atoms with Gasteiger partial charge in [-0.2, -0.15) is 0 Å². The zero-order valence-corrected chi connectivity index (χ0v) is 12.5. The van der Waals surface area contributed by atoms with Crippen LogP contribution in [0.5, 0.6) is 5.75 Å². The van der Waals surface area contributed by atoms with Crippen molar-refractivity contribution >= 4 is 34.8 Å². The fraction of sp³-hybridized carbons (Fsp3) is 0.143. The highest BCUT2D eigenvalue weighted by molar-refractivity contribution is 6.36. The fourth-order valence-electron chi connectivity index (χ4n) is 1.80. The Hall–Kier alpha value is -0.930. The maximum Gasteiger partial charge on any atom is 0.138 e. The van der Waals surface area contributed by atoms with Gasteiger partial charge in [-0.3, -0.25) is 0 Å². The molecule has 100 valence electrons. The van der Waals surface area contributed by atoms with Crippen LogP contribution in [-0.4, -0.2) is 7.11 Å². The highest BCUT2D eigenvalue weighted by Crippen LogP contribution is 2.37. The zero-order chi connectivity index (χ0) is 14.0. The number of ether oxygens (including phenoxy) is 1. The molecule has 0 unspecified atom stereocenters. The number of halogens is 3. The number of hydrogen-bond donors (Lipinski definition) is 1. The standard InChI is InChI=1S/C14H12Cl3NO/c1-19-14-6-12(16)10(5-13(14)17)8-2-3-11(15)9(4-8)7-18/h2-6H,7,18H2,1H3. The molecule has 2 aromatic carbocycles. The van der Waals surface area contributed by atoms with E-state index < -0.39 is 0 Å². The average Bonchev–Trinajstić information content (AvgIpc) is 2.41. The minimum Gasteiger partial charge on any atom is -0.495 e. The van der Waals surface area contributed by atoms with Crippen molar-refractivity contribution in [3.8, 4) is 16.9 Å². The lowest BCUT2D eigenvalue weighted by Gasteiger charge is -2.11. The second-order valence-electron chi connectivity index (χ2n) is 3.98. The van der Waals surface area contributed by atoms with E-state index in [2.05, 4.69) is 0 Å². The summed E-state index contributed by atoms with van der Waals surface area (Å²) in [6.07, 6.45) is 0. The largest absolute Gasteiger partial charge is 0.495 e. The third-order valence-electron chi connectivity index (χ3n) is 2.82. The van der Waals surface area contributed by atoms with E-state index in [0.717, 1.165) is 16.7 Å². The summed E-state index contributed by atoms with van der Waals surface area (Å²) >= 11 is 18.4. The van der Waals surface area contributed by atoms with Gasteiger partial charge in [0.1, 0.15) is 5.75 Å². The Labute approximate surface area is 127 Å². The van der Waals surface area contributed by atoms with Crippen molar-refractivity contribution in [2.75, 3.05) is 7.11 Å². The number of hydrogen-bond acceptors (Lipinski definition) is 2. The molecular weight excluding hydrogens is 305 g/mol. The molecule has 0 aromatic heterocycles. The molecule has 0 spiro atoms. The van der Waals surface area contributed by atoms with Gasteiger partial charge < -0.3 is 10.5 Å². The Kier molecular flexibility index (Phi) is 4.58. The van der Waals surface area contributed by atoms with Crippen LogP contribution in [0.1, 0.15) is 5.56 Å². The van der Waals surface area contributed by atoms with Gasteiger partial charge in [0.2, 0.25) is 0 Å². The average molecular weight is 317 g/mol. The number of rotatable bonds is 3. The Morgan fingerprint density at radius 3 is 2.37 bits per heavy atom. The SMILES string of the molecule is COc1cc(Cl)c(-c2ccc(Cl)c(CN)c2)cc1Cl. The van der Waals surface area contributed by atoms with Gasteiger partial charge in [-0.25, -0.2) is 0 Å². The first-order valence-corrected chi connectivity index (χ1v) is 6.72. The summed E-state index contributed by atoms with van der Waals surface area (Å²) in [6, 6.07) is 9.05. The summed E-state index contributed by atoms with van der Waals surface area (Å²) in [5.41, 5.74) is 8.25. The smallest absolute Gasteiger partial charge is 0.138 e. The fourth-order valence-corrected chi connectivity index (χ4v) is 2.50. The van der Waals surface area contributed by atoms with Crippen LogP contribution in [-0.2, 0) is 6.54 Å². The van der Waals surface area contributed by atoms with Gasteiger partial charge >= 0.3 is 0 Å². The van der Waals surface area contributed by atoms with Gasteiger partial charge in [-0.05, 0) is 29.3 Å². The minimum atomic E-state index is 0.369. The third-order valence-corrected chi connectivity index (χ3v) is 3.79. The number of methoxy groups -OCH3 is 1. The summed E-state index contributed by atoms with van der Waals surface area (Å²) in [5.74, 6) is 0.545. The maximum absolute atomic E-state index is 6.25. The molecule has 5 heteroatoms. The van der Waals surface area contributed by atoms with E-state index in [0.29, 0.717) is 27.4 Å². The van der Waals surface area contributed by atoms with Crippen molar-refractivity contribution in [3.63, 3.8) is 0 Å². The van der Waals surface area contributed by atoms with E-state index >= 15 is 0 Å². The lowest BCUT2D eigenvalue weighted by molar-refractivity contribution is 0.415. The van der Waals surface area contributed by atoms with Crippen molar-refractivity contribution in [3.05, 3.63) is 51.0 Å². The third kappa shape index (κ3) is 2.98. The first kappa shape index (κ1) is 14.5. The lowest BCUT2D eigenvalue weighted by atomic mass is 10.0. The molecule has 0 saturated carbocycles. The quantitative estimate of drug-likeness (QED) is 0.884. The van der Waals surface area contributed by atoms with Gasteiger partial charge in [0.05, 0.1) is 17.2 Å². The Balaban J connectivity index is 2.56. The normalized spacial score (nSPS) is 10.6. The Morgan fingerprint density at radius 2 is 1.74 bits per heavy atom. The van der Waals surface area contributed by atoms with Crippen LogP contribution in [0.4, 0.5) is 0 Å². The highest BCUT2D eigenvalue weighted by Gasteiger charge is 2.11. The molecular formula is C14H12Cl3NO. The van der Waals surface area contributed by atoms with E-state index in [1.807, 2.05) is 12.1 Å². The van der Waals surface area contributed by atoms with Gasteiger partial charge in [0, 0.05) is 23.2 Å². The molecule has 2 nitrogen and oxygen atoms in total. The summed E-state index contributed by atoms with van der Waals surface area (Å²) in [6.45, 7) is 0.369. The van der Waals surface area contributed by atoms with Crippen LogP contribution in [0.15, 0.2) is 30.3 Å². The second kappa shape index (κ2) is 6.02. The molecule has 0 fully saturated rings. The summed E-state index contributed by atoms with van der Waals surface area (Å²) in [5, 5.41) is 1.71. The molecule has 0 aliphatic rings. The van der Waals surface area contributed by atoms with Crippen LogP contribution in [0.2, 0.25) is 15.1 Å². The van der Waals surface area contributed by atoms with Crippen molar-refractivity contribution < 1.29 is 4.74 Å². The predicted octanol–water partition coefficient (Wildman–Crippen LogP) is 4.78. The zero-order valence-electron chi connectivity index (χ0n) is 10.2. The molecule has 0 heterocycles. The van der Waals surface area contributed by atoms with Crippen molar-refractivity contribution in [1.82, 2.24) is 0 Å². The second-order valence-corrected chi connectivity index (χ2v) is 5.20. The van der Waals surface area contributed by atoms with Crippen LogP contribution < -0.4 is 10.5 Å². The van der Waals surface area contributed by atoms with Crippen molar-refractivity contribution in [1.29, 1.82) is 0 Å². The van der Waals surface area contributed by atoms with Gasteiger partial charge in [0.15, 0.2) is 0 Å². The lowest BCUT2D eigenvalue weighted by Crippen LogP contribution is -1.97. The van der Waals surface area contributed by atoms with Crippen molar-refractivity contribution in [2.45, 2.75) is 6.54 Å². The maximum atomic E-state index is 6.25. The van der Waals surface area contributed by atoms with Crippen LogP contribution in [0.25, 0.3) is 11.1 Å². The predicted molar refractivity (Wildman–Crippen MR) is 81.4 cm³/mol. The van der Waals surface area contributed by atoms with Gasteiger partial charge in [-0.1, -0.05) is 40.9 Å². The molecule has 0 saturated heterocycles. The summed E-state index contributed by atoms with van der Waals surface area (Å²) in [7, 11) is 1.55. The minimum absolute atomic E-state index is 0.369. The van der Waals surface area contributed by atoms with E-state index in [4.69, 9.17) is 45.3 Å². The van der Waals surface area contributed by atoms with Gasteiger partial charge in [0.25, 0.3) is 0 Å². The molecule has 2 N–H and O–H groups in total. The Morgan fingerprint density at radius 1 is 1.00 bits per heavy atom. The van der Waals surface area contributed by atoms with Crippen LogP contribution in [0, 0.1) is 0 Å². The first-order chi connectivity index (χ1) is 9.06. The molecule has 0 aliphatic carbocycles. The molecule has 0 bridgehead atoms. The molecule has 2 aromatic rings. The Bertz CT molecular complexity index is 614.